The van der Waals surface area contributed by atoms with E-state index in [4.69, 9.17) is 23.2 Å². The van der Waals surface area contributed by atoms with Gasteiger partial charge in [0.1, 0.15) is 0 Å². The summed E-state index contributed by atoms with van der Waals surface area (Å²) in [6.07, 6.45) is 2.30. The van der Waals surface area contributed by atoms with E-state index in [1.165, 1.54) is 50.3 Å². The molecule has 0 nitrogen and oxygen atoms in total. The van der Waals surface area contributed by atoms with E-state index in [1.807, 2.05) is 0 Å². The maximum Gasteiger partial charge on any atom is 0.0908 e. The summed E-state index contributed by atoms with van der Waals surface area (Å²) in [6.45, 7) is 0. The van der Waals surface area contributed by atoms with E-state index < -0.39 is 0 Å². The van der Waals surface area contributed by atoms with Gasteiger partial charge in [0.25, 0.3) is 0 Å². The maximum absolute atomic E-state index is 5.89. The van der Waals surface area contributed by atoms with Crippen molar-refractivity contribution in [3.8, 4) is 0 Å². The van der Waals surface area contributed by atoms with E-state index >= 15 is 0 Å². The van der Waals surface area contributed by atoms with Crippen LogP contribution in [0.5, 0.6) is 0 Å². The highest BCUT2D eigenvalue weighted by molar-refractivity contribution is 6.68. The van der Waals surface area contributed by atoms with Gasteiger partial charge in [0.2, 0.25) is 0 Å². The highest BCUT2D eigenvalue weighted by Crippen LogP contribution is 2.36. The second-order valence-corrected chi connectivity index (χ2v) is 10.6. The summed E-state index contributed by atoms with van der Waals surface area (Å²) >= 11 is 11.8. The number of alkyl halides is 2. The molecule has 0 aliphatic heterocycles. The normalized spacial score (nSPS) is 12.7. The van der Waals surface area contributed by atoms with Gasteiger partial charge in [0, 0.05) is 0 Å². The van der Waals surface area contributed by atoms with Crippen molar-refractivity contribution >= 4 is 65.0 Å². The second kappa shape index (κ2) is 6.31. The summed E-state index contributed by atoms with van der Waals surface area (Å²) in [5.41, 5.74) is 1.45. The predicted molar refractivity (Wildman–Crippen MR) is 107 cm³/mol. The Morgan fingerprint density at radius 3 is 2.17 bits per heavy atom. The van der Waals surface area contributed by atoms with Gasteiger partial charge in [-0.3, -0.25) is 0 Å². The number of aryl methyl sites for hydroxylation is 1. The maximum atomic E-state index is 5.89. The molecule has 0 aliphatic carbocycles. The van der Waals surface area contributed by atoms with Gasteiger partial charge >= 0.3 is 0 Å². The van der Waals surface area contributed by atoms with E-state index in [0.29, 0.717) is 0 Å². The number of halogens is 2. The monoisotopic (exact) mass is 356 g/mol. The zero-order chi connectivity index (χ0) is 15.8. The van der Waals surface area contributed by atoms with Crippen LogP contribution in [0.3, 0.4) is 0 Å². The Morgan fingerprint density at radius 1 is 0.783 bits per heavy atom. The Hall–Kier alpha value is -1.28. The van der Waals surface area contributed by atoms with E-state index in [9.17, 15) is 0 Å². The fraction of sp³-hybridized carbons (Fsp3) is 0.200. The quantitative estimate of drug-likeness (QED) is 0.181. The van der Waals surface area contributed by atoms with Crippen molar-refractivity contribution in [2.75, 3.05) is 0 Å². The molecule has 3 heteroatoms. The SMILES string of the molecule is ClC(Cl)[SiH2]CCCc1ccc2ccc3cccc4ccc1c2c34. The van der Waals surface area contributed by atoms with E-state index in [0.717, 1.165) is 6.42 Å². The molecular formula is C20H18Cl2Si. The molecule has 0 amide bonds. The third-order valence-corrected chi connectivity index (χ3v) is 7.39. The smallest absolute Gasteiger partial charge is 0.0908 e. The fourth-order valence-corrected chi connectivity index (χ4v) is 5.40. The highest BCUT2D eigenvalue weighted by Gasteiger charge is 2.10. The standard InChI is InChI=1S/C20H18Cl2Si/c21-20(22)23-12-2-5-13-6-7-16-9-8-14-3-1-4-15-10-11-17(13)19(16)18(14)15/h1,3-4,6-11,20H,2,5,12,23H2. The minimum absolute atomic E-state index is 0.101. The Morgan fingerprint density at radius 2 is 1.43 bits per heavy atom. The fourth-order valence-electron chi connectivity index (χ4n) is 3.63. The summed E-state index contributed by atoms with van der Waals surface area (Å²) < 4.78 is -0.101. The molecule has 0 aromatic heterocycles. The molecule has 4 aromatic rings. The Kier molecular flexibility index (Phi) is 4.19. The van der Waals surface area contributed by atoms with Gasteiger partial charge in [0.15, 0.2) is 0 Å². The molecule has 0 saturated heterocycles. The average molecular weight is 357 g/mol. The molecule has 116 valence electrons. The Labute approximate surface area is 148 Å². The summed E-state index contributed by atoms with van der Waals surface area (Å²) in [5, 5.41) is 8.23. The summed E-state index contributed by atoms with van der Waals surface area (Å²) in [5.74, 6) is 0. The Bertz CT molecular complexity index is 946. The topological polar surface area (TPSA) is 0 Å². The summed E-state index contributed by atoms with van der Waals surface area (Å²) in [6, 6.07) is 21.4. The lowest BCUT2D eigenvalue weighted by molar-refractivity contribution is 0.921. The molecule has 23 heavy (non-hydrogen) atoms. The van der Waals surface area contributed by atoms with Crippen molar-refractivity contribution in [2.45, 2.75) is 23.3 Å². The minimum Gasteiger partial charge on any atom is -0.110 e. The first kappa shape index (κ1) is 15.3. The summed E-state index contributed by atoms with van der Waals surface area (Å²) in [7, 11) is -0.338. The Balaban J connectivity index is 1.80. The van der Waals surface area contributed by atoms with Gasteiger partial charge in [0.05, 0.1) is 14.0 Å². The van der Waals surface area contributed by atoms with Crippen molar-refractivity contribution in [2.24, 2.45) is 0 Å². The van der Waals surface area contributed by atoms with Gasteiger partial charge in [-0.05, 0) is 44.3 Å². The molecule has 0 saturated carbocycles. The average Bonchev–Trinajstić information content (AvgIpc) is 2.57. The van der Waals surface area contributed by atoms with Crippen molar-refractivity contribution in [1.29, 1.82) is 0 Å². The molecule has 4 rings (SSSR count). The lowest BCUT2D eigenvalue weighted by atomic mass is 9.91. The number of rotatable bonds is 5. The number of benzene rings is 4. The van der Waals surface area contributed by atoms with Crippen LogP contribution in [0.15, 0.2) is 54.6 Å². The van der Waals surface area contributed by atoms with E-state index in [-0.39, 0.29) is 14.0 Å². The van der Waals surface area contributed by atoms with Crippen molar-refractivity contribution in [3.05, 3.63) is 60.2 Å². The van der Waals surface area contributed by atoms with Crippen LogP contribution in [0, 0.1) is 0 Å². The molecule has 0 aliphatic rings. The van der Waals surface area contributed by atoms with Gasteiger partial charge in [-0.1, -0.05) is 67.1 Å². The molecular weight excluding hydrogens is 339 g/mol. The van der Waals surface area contributed by atoms with Gasteiger partial charge in [-0.2, -0.15) is 0 Å². The molecule has 0 unspecified atom stereocenters. The lowest BCUT2D eigenvalue weighted by Gasteiger charge is -2.14. The largest absolute Gasteiger partial charge is 0.110 e. The van der Waals surface area contributed by atoms with Crippen LogP contribution in [-0.4, -0.2) is 14.0 Å². The second-order valence-electron chi connectivity index (χ2n) is 6.22. The molecule has 0 heterocycles. The zero-order valence-electron chi connectivity index (χ0n) is 12.9. The first-order chi connectivity index (χ1) is 11.2. The zero-order valence-corrected chi connectivity index (χ0v) is 15.8. The van der Waals surface area contributed by atoms with Crippen LogP contribution in [0.4, 0.5) is 0 Å². The molecule has 0 fully saturated rings. The molecule has 0 radical (unpaired) electrons. The number of hydrogen-bond donors (Lipinski definition) is 0. The predicted octanol–water partition coefficient (Wildman–Crippen LogP) is 5.86. The van der Waals surface area contributed by atoms with Crippen LogP contribution in [-0.2, 0) is 6.42 Å². The first-order valence-electron chi connectivity index (χ1n) is 8.17. The van der Waals surface area contributed by atoms with E-state index in [2.05, 4.69) is 54.6 Å². The summed E-state index contributed by atoms with van der Waals surface area (Å²) in [4.78, 5) is 0. The third kappa shape index (κ3) is 2.82. The minimum atomic E-state index is -0.338. The van der Waals surface area contributed by atoms with Gasteiger partial charge in [-0.15, -0.1) is 23.2 Å². The third-order valence-electron chi connectivity index (χ3n) is 4.74. The molecule has 0 atom stereocenters. The highest BCUT2D eigenvalue weighted by atomic mass is 35.5. The van der Waals surface area contributed by atoms with E-state index in [1.54, 1.807) is 0 Å². The van der Waals surface area contributed by atoms with Gasteiger partial charge < -0.3 is 0 Å². The van der Waals surface area contributed by atoms with Crippen molar-refractivity contribution < 1.29 is 0 Å². The van der Waals surface area contributed by atoms with Crippen molar-refractivity contribution in [3.63, 3.8) is 0 Å². The molecule has 4 aromatic carbocycles. The van der Waals surface area contributed by atoms with Crippen LogP contribution in [0.25, 0.3) is 32.3 Å². The number of hydrogen-bond acceptors (Lipinski definition) is 0. The van der Waals surface area contributed by atoms with Gasteiger partial charge in [-0.25, -0.2) is 0 Å². The molecule has 0 spiro atoms. The van der Waals surface area contributed by atoms with Crippen LogP contribution < -0.4 is 0 Å². The van der Waals surface area contributed by atoms with Crippen LogP contribution in [0.1, 0.15) is 12.0 Å². The van der Waals surface area contributed by atoms with Crippen LogP contribution >= 0.6 is 23.2 Å². The van der Waals surface area contributed by atoms with Crippen molar-refractivity contribution in [1.82, 2.24) is 0 Å². The first-order valence-corrected chi connectivity index (χ1v) is 10.9. The van der Waals surface area contributed by atoms with Crippen LogP contribution in [0.2, 0.25) is 6.04 Å². The lowest BCUT2D eigenvalue weighted by Crippen LogP contribution is -2.01. The molecule has 0 N–H and O–H groups in total. The molecule has 0 bridgehead atoms.